The molecule has 4 aromatic rings. The molecule has 30 heavy (non-hydrogen) atoms. The van der Waals surface area contributed by atoms with Crippen molar-refractivity contribution in [2.24, 2.45) is 0 Å². The zero-order valence-electron chi connectivity index (χ0n) is 17.9. The lowest BCUT2D eigenvalue weighted by molar-refractivity contribution is -0.118. The molecule has 0 bridgehead atoms. The van der Waals surface area contributed by atoms with E-state index < -0.39 is 0 Å². The first-order chi connectivity index (χ1) is 14.4. The first-order valence-electron chi connectivity index (χ1n) is 10.2. The molecule has 1 aromatic heterocycles. The molecular formula is C26H26N2OS. The smallest absolute Gasteiger partial charge is 0.233 e. The molecule has 1 amide bonds. The van der Waals surface area contributed by atoms with Crippen molar-refractivity contribution >= 4 is 32.6 Å². The molecule has 3 aromatic carbocycles. The number of carbonyl (C=O) groups is 1. The van der Waals surface area contributed by atoms with Gasteiger partial charge in [-0.25, -0.2) is 4.98 Å². The van der Waals surface area contributed by atoms with Crippen molar-refractivity contribution in [3.05, 3.63) is 94.0 Å². The van der Waals surface area contributed by atoms with Gasteiger partial charge in [0.25, 0.3) is 0 Å². The second kappa shape index (κ2) is 8.41. The van der Waals surface area contributed by atoms with Crippen LogP contribution in [0.25, 0.3) is 10.2 Å². The minimum Gasteiger partial charge on any atom is -0.283 e. The Hall–Kier alpha value is -2.98. The molecule has 0 spiro atoms. The van der Waals surface area contributed by atoms with Gasteiger partial charge in [0, 0.05) is 0 Å². The van der Waals surface area contributed by atoms with Crippen LogP contribution >= 0.6 is 11.3 Å². The van der Waals surface area contributed by atoms with E-state index in [1.54, 1.807) is 11.3 Å². The maximum atomic E-state index is 13.5. The molecule has 1 heterocycles. The van der Waals surface area contributed by atoms with Gasteiger partial charge in [0.1, 0.15) is 0 Å². The van der Waals surface area contributed by atoms with Crippen molar-refractivity contribution < 1.29 is 4.79 Å². The van der Waals surface area contributed by atoms with E-state index in [-0.39, 0.29) is 5.91 Å². The van der Waals surface area contributed by atoms with Gasteiger partial charge in [0.15, 0.2) is 5.13 Å². The van der Waals surface area contributed by atoms with E-state index in [1.165, 1.54) is 16.7 Å². The fourth-order valence-corrected chi connectivity index (χ4v) is 4.62. The summed E-state index contributed by atoms with van der Waals surface area (Å²) in [6, 6.07) is 20.7. The number of rotatable bonds is 5. The van der Waals surface area contributed by atoms with Crippen molar-refractivity contribution in [2.45, 2.75) is 40.7 Å². The molecule has 4 heteroatoms. The highest BCUT2D eigenvalue weighted by Crippen LogP contribution is 2.32. The Balaban J connectivity index is 1.72. The number of carbonyl (C=O) groups excluding carboxylic acids is 1. The molecule has 0 aliphatic carbocycles. The van der Waals surface area contributed by atoms with E-state index in [0.717, 1.165) is 32.0 Å². The number of aryl methyl sites for hydroxylation is 4. The van der Waals surface area contributed by atoms with Gasteiger partial charge in [-0.3, -0.25) is 9.69 Å². The first kappa shape index (κ1) is 20.3. The van der Waals surface area contributed by atoms with Gasteiger partial charge in [-0.15, -0.1) is 0 Å². The normalized spacial score (nSPS) is 11.1. The van der Waals surface area contributed by atoms with Crippen LogP contribution in [-0.4, -0.2) is 10.9 Å². The molecule has 0 unspecified atom stereocenters. The summed E-state index contributed by atoms with van der Waals surface area (Å²) in [6.45, 7) is 8.85. The molecule has 0 saturated carbocycles. The van der Waals surface area contributed by atoms with Crippen molar-refractivity contribution in [2.75, 3.05) is 4.90 Å². The third kappa shape index (κ3) is 4.29. The van der Waals surface area contributed by atoms with Gasteiger partial charge in [-0.2, -0.15) is 0 Å². The number of anilines is 1. The van der Waals surface area contributed by atoms with E-state index in [9.17, 15) is 4.79 Å². The third-order valence-electron chi connectivity index (χ3n) is 5.55. The van der Waals surface area contributed by atoms with Gasteiger partial charge >= 0.3 is 0 Å². The van der Waals surface area contributed by atoms with Gasteiger partial charge < -0.3 is 0 Å². The topological polar surface area (TPSA) is 33.2 Å². The second-order valence-corrected chi connectivity index (χ2v) is 8.98. The molecule has 4 rings (SSSR count). The number of benzene rings is 3. The van der Waals surface area contributed by atoms with E-state index in [1.807, 2.05) is 23.1 Å². The van der Waals surface area contributed by atoms with Crippen LogP contribution in [0.4, 0.5) is 5.13 Å². The Morgan fingerprint density at radius 1 is 0.900 bits per heavy atom. The Morgan fingerprint density at radius 3 is 2.40 bits per heavy atom. The molecule has 0 saturated heterocycles. The van der Waals surface area contributed by atoms with E-state index in [0.29, 0.717) is 13.0 Å². The molecular weight excluding hydrogens is 388 g/mol. The van der Waals surface area contributed by atoms with Crippen LogP contribution < -0.4 is 4.90 Å². The average Bonchev–Trinajstić information content (AvgIpc) is 3.12. The fourth-order valence-electron chi connectivity index (χ4n) is 3.56. The summed E-state index contributed by atoms with van der Waals surface area (Å²) in [5.41, 5.74) is 7.90. The standard InChI is InChI=1S/C26H26N2OS/c1-17-10-11-18(2)22(12-17)15-25(29)28(16-21-8-6-5-7-9-21)26-27-23-13-19(3)20(4)14-24(23)30-26/h5-14H,15-16H2,1-4H3. The predicted octanol–water partition coefficient (Wildman–Crippen LogP) is 6.31. The number of hydrogen-bond donors (Lipinski definition) is 0. The van der Waals surface area contributed by atoms with Gasteiger partial charge in [0.2, 0.25) is 5.91 Å². The van der Waals surface area contributed by atoms with Crippen LogP contribution in [0.2, 0.25) is 0 Å². The van der Waals surface area contributed by atoms with Crippen LogP contribution in [0, 0.1) is 27.7 Å². The molecule has 0 aliphatic heterocycles. The highest BCUT2D eigenvalue weighted by atomic mass is 32.1. The Kier molecular flexibility index (Phi) is 5.69. The largest absolute Gasteiger partial charge is 0.283 e. The van der Waals surface area contributed by atoms with Crippen molar-refractivity contribution in [1.29, 1.82) is 0 Å². The monoisotopic (exact) mass is 414 g/mol. The SMILES string of the molecule is Cc1ccc(C)c(CC(=O)N(Cc2ccccc2)c2nc3cc(C)c(C)cc3s2)c1. The quantitative estimate of drug-likeness (QED) is 0.384. The Morgan fingerprint density at radius 2 is 1.63 bits per heavy atom. The maximum absolute atomic E-state index is 13.5. The summed E-state index contributed by atoms with van der Waals surface area (Å²) >= 11 is 1.59. The first-order valence-corrected chi connectivity index (χ1v) is 11.0. The van der Waals surface area contributed by atoms with E-state index >= 15 is 0 Å². The number of amides is 1. The van der Waals surface area contributed by atoms with Gasteiger partial charge in [-0.05, 0) is 67.6 Å². The lowest BCUT2D eigenvalue weighted by Gasteiger charge is -2.21. The van der Waals surface area contributed by atoms with Crippen LogP contribution in [0.1, 0.15) is 33.4 Å². The molecule has 0 radical (unpaired) electrons. The molecule has 152 valence electrons. The summed E-state index contributed by atoms with van der Waals surface area (Å²) in [6.07, 6.45) is 0.369. The number of nitrogens with zero attached hydrogens (tertiary/aromatic N) is 2. The number of aromatic nitrogens is 1. The van der Waals surface area contributed by atoms with Crippen LogP contribution in [0.3, 0.4) is 0 Å². The summed E-state index contributed by atoms with van der Waals surface area (Å²) < 4.78 is 1.12. The zero-order chi connectivity index (χ0) is 21.3. The predicted molar refractivity (Wildman–Crippen MR) is 126 cm³/mol. The number of hydrogen-bond acceptors (Lipinski definition) is 3. The minimum absolute atomic E-state index is 0.0695. The number of fused-ring (bicyclic) bond motifs is 1. The van der Waals surface area contributed by atoms with E-state index in [4.69, 9.17) is 4.98 Å². The zero-order valence-corrected chi connectivity index (χ0v) is 18.7. The van der Waals surface area contributed by atoms with Crippen LogP contribution in [0.15, 0.2) is 60.7 Å². The Bertz CT molecular complexity index is 1170. The third-order valence-corrected chi connectivity index (χ3v) is 6.60. The molecule has 0 atom stereocenters. The fraction of sp³-hybridized carbons (Fsp3) is 0.231. The minimum atomic E-state index is 0.0695. The molecule has 0 N–H and O–H groups in total. The summed E-state index contributed by atoms with van der Waals surface area (Å²) in [4.78, 5) is 20.2. The average molecular weight is 415 g/mol. The van der Waals surface area contributed by atoms with Crippen LogP contribution in [0.5, 0.6) is 0 Å². The molecule has 0 fully saturated rings. The summed E-state index contributed by atoms with van der Waals surface area (Å²) in [5.74, 6) is 0.0695. The van der Waals surface area contributed by atoms with Crippen LogP contribution in [-0.2, 0) is 17.8 Å². The summed E-state index contributed by atoms with van der Waals surface area (Å²) in [5, 5.41) is 0.758. The lowest BCUT2D eigenvalue weighted by Crippen LogP contribution is -2.31. The maximum Gasteiger partial charge on any atom is 0.233 e. The molecule has 3 nitrogen and oxygen atoms in total. The number of thiazole rings is 1. The Labute approximate surface area is 182 Å². The van der Waals surface area contributed by atoms with Gasteiger partial charge in [0.05, 0.1) is 23.2 Å². The van der Waals surface area contributed by atoms with Crippen molar-refractivity contribution in [3.63, 3.8) is 0 Å². The van der Waals surface area contributed by atoms with Crippen molar-refractivity contribution in [1.82, 2.24) is 4.98 Å². The van der Waals surface area contributed by atoms with Crippen molar-refractivity contribution in [3.8, 4) is 0 Å². The van der Waals surface area contributed by atoms with E-state index in [2.05, 4.69) is 70.2 Å². The summed E-state index contributed by atoms with van der Waals surface area (Å²) in [7, 11) is 0. The highest BCUT2D eigenvalue weighted by molar-refractivity contribution is 7.22. The second-order valence-electron chi connectivity index (χ2n) is 7.97. The van der Waals surface area contributed by atoms with Gasteiger partial charge in [-0.1, -0.05) is 65.4 Å². The molecule has 0 aliphatic rings. The highest BCUT2D eigenvalue weighted by Gasteiger charge is 2.21. The lowest BCUT2D eigenvalue weighted by atomic mass is 10.0.